The minimum Gasteiger partial charge on any atom is -0.369 e. The molecular formula is C14H22N4S. The predicted molar refractivity (Wildman–Crippen MR) is 84.1 cm³/mol. The van der Waals surface area contributed by atoms with E-state index in [1.165, 1.54) is 0 Å². The minimum atomic E-state index is 0.226. The summed E-state index contributed by atoms with van der Waals surface area (Å²) in [5.74, 6) is 1.65. The van der Waals surface area contributed by atoms with E-state index in [0.717, 1.165) is 35.5 Å². The molecule has 0 saturated carbocycles. The maximum atomic E-state index is 4.59. The van der Waals surface area contributed by atoms with Crippen LogP contribution in [0.1, 0.15) is 34.1 Å². The van der Waals surface area contributed by atoms with Crippen molar-refractivity contribution in [2.75, 3.05) is 23.7 Å². The van der Waals surface area contributed by atoms with E-state index in [1.54, 1.807) is 11.3 Å². The van der Waals surface area contributed by atoms with Crippen LogP contribution in [0.3, 0.4) is 0 Å². The van der Waals surface area contributed by atoms with Crippen LogP contribution >= 0.6 is 11.3 Å². The molecule has 0 aromatic carbocycles. The molecule has 0 amide bonds. The molecule has 0 aliphatic heterocycles. The number of aromatic nitrogens is 2. The van der Waals surface area contributed by atoms with E-state index < -0.39 is 0 Å². The first-order valence-corrected chi connectivity index (χ1v) is 7.60. The molecule has 104 valence electrons. The lowest BCUT2D eigenvalue weighted by Gasteiger charge is -2.19. The largest absolute Gasteiger partial charge is 0.369 e. The van der Waals surface area contributed by atoms with Gasteiger partial charge in [0.05, 0.1) is 5.39 Å². The van der Waals surface area contributed by atoms with Gasteiger partial charge in [-0.1, -0.05) is 27.7 Å². The third-order valence-electron chi connectivity index (χ3n) is 2.64. The Kier molecular flexibility index (Phi) is 4.24. The molecule has 0 saturated heterocycles. The molecule has 0 bridgehead atoms. The monoisotopic (exact) mass is 278 g/mol. The van der Waals surface area contributed by atoms with Crippen LogP contribution in [0, 0.1) is 5.41 Å². The van der Waals surface area contributed by atoms with Crippen LogP contribution in [-0.2, 0) is 0 Å². The predicted octanol–water partition coefficient (Wildman–Crippen LogP) is 3.97. The summed E-state index contributed by atoms with van der Waals surface area (Å²) in [5, 5.41) is 9.87. The number of fused-ring (bicyclic) bond motifs is 1. The van der Waals surface area contributed by atoms with Gasteiger partial charge in [-0.15, -0.1) is 11.3 Å². The number of thiophene rings is 1. The first-order valence-electron chi connectivity index (χ1n) is 6.72. The van der Waals surface area contributed by atoms with E-state index >= 15 is 0 Å². The Hall–Kier alpha value is -1.36. The van der Waals surface area contributed by atoms with Crippen LogP contribution in [0.5, 0.6) is 0 Å². The highest BCUT2D eigenvalue weighted by atomic mass is 32.1. The lowest BCUT2D eigenvalue weighted by Crippen LogP contribution is -2.20. The van der Waals surface area contributed by atoms with E-state index in [1.807, 2.05) is 0 Å². The van der Waals surface area contributed by atoms with Gasteiger partial charge in [0.2, 0.25) is 5.95 Å². The molecule has 0 unspecified atom stereocenters. The number of nitrogens with one attached hydrogen (secondary N) is 2. The number of rotatable bonds is 5. The summed E-state index contributed by atoms with van der Waals surface area (Å²) in [5.41, 5.74) is 0.226. The molecule has 2 heterocycles. The minimum absolute atomic E-state index is 0.226. The van der Waals surface area contributed by atoms with Crippen LogP contribution in [0.25, 0.3) is 10.2 Å². The molecule has 2 rings (SSSR count). The van der Waals surface area contributed by atoms with Crippen molar-refractivity contribution in [1.82, 2.24) is 9.97 Å². The fraction of sp³-hybridized carbons (Fsp3) is 0.571. The Morgan fingerprint density at radius 3 is 2.68 bits per heavy atom. The molecule has 4 nitrogen and oxygen atoms in total. The summed E-state index contributed by atoms with van der Waals surface area (Å²) in [4.78, 5) is 10.2. The average Bonchev–Trinajstić information content (AvgIpc) is 2.80. The second-order valence-corrected chi connectivity index (χ2v) is 6.77. The van der Waals surface area contributed by atoms with E-state index in [2.05, 4.69) is 59.7 Å². The Bertz CT molecular complexity index is 542. The van der Waals surface area contributed by atoms with E-state index in [-0.39, 0.29) is 5.41 Å². The Labute approximate surface area is 118 Å². The first-order chi connectivity index (χ1) is 8.99. The summed E-state index contributed by atoms with van der Waals surface area (Å²) < 4.78 is 0. The Balaban J connectivity index is 2.26. The van der Waals surface area contributed by atoms with Crippen molar-refractivity contribution in [3.63, 3.8) is 0 Å². The van der Waals surface area contributed by atoms with E-state index in [4.69, 9.17) is 0 Å². The van der Waals surface area contributed by atoms with Gasteiger partial charge in [0, 0.05) is 13.1 Å². The van der Waals surface area contributed by atoms with Gasteiger partial charge in [-0.05, 0) is 23.3 Å². The number of anilines is 2. The summed E-state index contributed by atoms with van der Waals surface area (Å²) in [7, 11) is 0. The molecule has 2 aromatic heterocycles. The fourth-order valence-corrected chi connectivity index (χ4v) is 2.42. The van der Waals surface area contributed by atoms with Crippen LogP contribution < -0.4 is 10.6 Å². The summed E-state index contributed by atoms with van der Waals surface area (Å²) in [6.45, 7) is 10.6. The summed E-state index contributed by atoms with van der Waals surface area (Å²) in [6.07, 6.45) is 1.07. The molecule has 19 heavy (non-hydrogen) atoms. The smallest absolute Gasteiger partial charge is 0.226 e. The maximum absolute atomic E-state index is 4.59. The van der Waals surface area contributed by atoms with Gasteiger partial charge in [-0.25, -0.2) is 4.98 Å². The molecule has 2 aromatic rings. The number of nitrogens with zero attached hydrogens (tertiary/aromatic N) is 2. The quantitative estimate of drug-likeness (QED) is 0.869. The zero-order valence-corrected chi connectivity index (χ0v) is 12.9. The maximum Gasteiger partial charge on any atom is 0.226 e. The highest BCUT2D eigenvalue weighted by molar-refractivity contribution is 7.16. The van der Waals surface area contributed by atoms with Crippen molar-refractivity contribution in [2.45, 2.75) is 34.1 Å². The zero-order chi connectivity index (χ0) is 13.9. The molecule has 0 fully saturated rings. The standard InChI is InChI=1S/C14H22N4S/c1-5-7-15-13-17-11(16-9-14(2,3)4)10-6-8-19-12(10)18-13/h6,8H,5,7,9H2,1-4H3,(H2,15,16,17,18). The van der Waals surface area contributed by atoms with Crippen LogP contribution in [0.2, 0.25) is 0 Å². The first kappa shape index (κ1) is 14.1. The Morgan fingerprint density at radius 1 is 1.21 bits per heavy atom. The summed E-state index contributed by atoms with van der Waals surface area (Å²) >= 11 is 1.65. The highest BCUT2D eigenvalue weighted by Crippen LogP contribution is 2.27. The van der Waals surface area contributed by atoms with E-state index in [9.17, 15) is 0 Å². The van der Waals surface area contributed by atoms with Gasteiger partial charge < -0.3 is 10.6 Å². The molecule has 0 radical (unpaired) electrons. The van der Waals surface area contributed by atoms with Crippen molar-refractivity contribution in [3.05, 3.63) is 11.4 Å². The average molecular weight is 278 g/mol. The van der Waals surface area contributed by atoms with Crippen molar-refractivity contribution in [3.8, 4) is 0 Å². The molecule has 0 atom stereocenters. The molecular weight excluding hydrogens is 256 g/mol. The van der Waals surface area contributed by atoms with Gasteiger partial charge in [0.25, 0.3) is 0 Å². The lowest BCUT2D eigenvalue weighted by molar-refractivity contribution is 0.442. The van der Waals surface area contributed by atoms with Gasteiger partial charge >= 0.3 is 0 Å². The SMILES string of the molecule is CCCNc1nc(NCC(C)(C)C)c2ccsc2n1. The number of hydrogen-bond acceptors (Lipinski definition) is 5. The molecule has 2 N–H and O–H groups in total. The van der Waals surface area contributed by atoms with Gasteiger partial charge in [0.1, 0.15) is 10.6 Å². The van der Waals surface area contributed by atoms with Crippen LogP contribution in [0.15, 0.2) is 11.4 Å². The summed E-state index contributed by atoms with van der Waals surface area (Å²) in [6, 6.07) is 2.08. The van der Waals surface area contributed by atoms with Gasteiger partial charge in [-0.2, -0.15) is 4.98 Å². The van der Waals surface area contributed by atoms with Gasteiger partial charge in [-0.3, -0.25) is 0 Å². The number of hydrogen-bond donors (Lipinski definition) is 2. The van der Waals surface area contributed by atoms with Crippen LogP contribution in [-0.4, -0.2) is 23.1 Å². The second kappa shape index (κ2) is 5.74. The van der Waals surface area contributed by atoms with Crippen LogP contribution in [0.4, 0.5) is 11.8 Å². The highest BCUT2D eigenvalue weighted by Gasteiger charge is 2.13. The lowest BCUT2D eigenvalue weighted by atomic mass is 9.97. The molecule has 0 spiro atoms. The van der Waals surface area contributed by atoms with Crippen molar-refractivity contribution in [1.29, 1.82) is 0 Å². The second-order valence-electron chi connectivity index (χ2n) is 5.88. The third kappa shape index (κ3) is 3.80. The fourth-order valence-electron chi connectivity index (χ4n) is 1.65. The van der Waals surface area contributed by atoms with Crippen molar-refractivity contribution < 1.29 is 0 Å². The van der Waals surface area contributed by atoms with E-state index in [0.29, 0.717) is 5.95 Å². The zero-order valence-electron chi connectivity index (χ0n) is 12.1. The van der Waals surface area contributed by atoms with Crippen molar-refractivity contribution in [2.24, 2.45) is 5.41 Å². The third-order valence-corrected chi connectivity index (χ3v) is 3.45. The molecule has 0 aliphatic carbocycles. The molecule has 5 heteroatoms. The normalized spacial score (nSPS) is 11.8. The van der Waals surface area contributed by atoms with Crippen molar-refractivity contribution >= 4 is 33.3 Å². The van der Waals surface area contributed by atoms with Gasteiger partial charge in [0.15, 0.2) is 0 Å². The topological polar surface area (TPSA) is 49.8 Å². The Morgan fingerprint density at radius 2 is 2.00 bits per heavy atom. The molecule has 0 aliphatic rings.